The standard InChI is InChI=1S/C42H50N10O4/c1-25(2)35(49-41-43-19-8-20-44-41)39(53)51-21-6-9-33(51)37-45-23-31(47-37)29-15-11-27(12-16-29)28-13-17-30(18-14-28)32-24-46-38(48-32)34-10-7-22-52(34)40(54)36(26(3)4)50-42(55)56-5/h8,11-20,23-26,33-36H,6-7,9-10,21-22H2,1-5H3,(H,45,47)(H,46,48)(H,50,55)(H,43,44,49)/t33-,34-,35+,36-/m0/s1. The van der Waals surface area contributed by atoms with Gasteiger partial charge in [0.25, 0.3) is 0 Å². The topological polar surface area (TPSA) is 174 Å². The second-order valence-electron chi connectivity index (χ2n) is 15.2. The van der Waals surface area contributed by atoms with E-state index < -0.39 is 18.2 Å². The number of amides is 3. The van der Waals surface area contributed by atoms with E-state index in [1.807, 2.05) is 49.9 Å². The summed E-state index contributed by atoms with van der Waals surface area (Å²) in [5.74, 6) is 1.79. The van der Waals surface area contributed by atoms with E-state index in [2.05, 4.69) is 84.1 Å². The third-order valence-corrected chi connectivity index (χ3v) is 10.8. The number of methoxy groups -OCH3 is 1. The van der Waals surface area contributed by atoms with E-state index in [4.69, 9.17) is 9.72 Å². The van der Waals surface area contributed by atoms with Crippen LogP contribution in [0.3, 0.4) is 0 Å². The molecule has 2 aliphatic rings. The molecule has 3 aromatic heterocycles. The van der Waals surface area contributed by atoms with Crippen molar-refractivity contribution in [3.63, 3.8) is 0 Å². The number of likely N-dealkylation sites (tertiary alicyclic amines) is 2. The number of benzene rings is 2. The molecule has 5 heterocycles. The van der Waals surface area contributed by atoms with Crippen molar-refractivity contribution >= 4 is 23.9 Å². The van der Waals surface area contributed by atoms with Crippen LogP contribution in [0.1, 0.15) is 77.1 Å². The SMILES string of the molecule is COC(=O)N[C@H](C(=O)N1CCC[C@H]1c1ncc(-c2ccc(-c3ccc(-c4cnc([C@@H]5CCCN5C(=O)[C@H](Nc5ncccn5)C(C)C)[nH]4)cc3)cc2)[nH]1)C(C)C. The van der Waals surface area contributed by atoms with E-state index in [9.17, 15) is 14.4 Å². The van der Waals surface area contributed by atoms with Gasteiger partial charge >= 0.3 is 6.09 Å². The smallest absolute Gasteiger partial charge is 0.407 e. The lowest BCUT2D eigenvalue weighted by Gasteiger charge is -2.30. The molecular formula is C42H50N10O4. The number of hydrogen-bond acceptors (Lipinski definition) is 9. The van der Waals surface area contributed by atoms with Gasteiger partial charge in [0.1, 0.15) is 23.7 Å². The van der Waals surface area contributed by atoms with Gasteiger partial charge in [-0.1, -0.05) is 76.2 Å². The lowest BCUT2D eigenvalue weighted by molar-refractivity contribution is -0.135. The summed E-state index contributed by atoms with van der Waals surface area (Å²) in [7, 11) is 1.29. The van der Waals surface area contributed by atoms with Crippen molar-refractivity contribution < 1.29 is 19.1 Å². The van der Waals surface area contributed by atoms with Gasteiger partial charge in [-0.25, -0.2) is 24.7 Å². The van der Waals surface area contributed by atoms with Crippen LogP contribution in [0.15, 0.2) is 79.4 Å². The Morgan fingerprint density at radius 1 is 0.679 bits per heavy atom. The van der Waals surface area contributed by atoms with Crippen LogP contribution in [-0.4, -0.2) is 89.9 Å². The number of anilines is 1. The van der Waals surface area contributed by atoms with Gasteiger partial charge in [0, 0.05) is 25.5 Å². The van der Waals surface area contributed by atoms with E-state index >= 15 is 0 Å². The zero-order chi connectivity index (χ0) is 39.3. The summed E-state index contributed by atoms with van der Waals surface area (Å²) in [6, 6.07) is 17.0. The molecule has 14 heteroatoms. The van der Waals surface area contributed by atoms with Crippen molar-refractivity contribution in [3.8, 4) is 33.6 Å². The number of nitrogens with zero attached hydrogens (tertiary/aromatic N) is 6. The fourth-order valence-corrected chi connectivity index (χ4v) is 7.70. The van der Waals surface area contributed by atoms with Crippen LogP contribution in [0.4, 0.5) is 10.7 Å². The van der Waals surface area contributed by atoms with Crippen LogP contribution in [0.5, 0.6) is 0 Å². The Balaban J connectivity index is 0.997. The Morgan fingerprint density at radius 2 is 1.12 bits per heavy atom. The molecule has 0 saturated carbocycles. The summed E-state index contributed by atoms with van der Waals surface area (Å²) in [5, 5.41) is 5.94. The quantitative estimate of drug-likeness (QED) is 0.107. The second kappa shape index (κ2) is 16.8. The van der Waals surface area contributed by atoms with Crippen LogP contribution in [-0.2, 0) is 14.3 Å². The number of imidazole rings is 2. The fourth-order valence-electron chi connectivity index (χ4n) is 7.70. The summed E-state index contributed by atoms with van der Waals surface area (Å²) < 4.78 is 4.76. The molecule has 2 saturated heterocycles. The maximum atomic E-state index is 13.8. The molecule has 3 amide bonds. The third-order valence-electron chi connectivity index (χ3n) is 10.8. The van der Waals surface area contributed by atoms with Crippen LogP contribution < -0.4 is 10.6 Å². The molecular weight excluding hydrogens is 709 g/mol. The summed E-state index contributed by atoms with van der Waals surface area (Å²) in [4.78, 5) is 68.0. The molecule has 0 aliphatic carbocycles. The molecule has 4 N–H and O–H groups in total. The zero-order valence-corrected chi connectivity index (χ0v) is 32.5. The average molecular weight is 759 g/mol. The Labute approximate surface area is 326 Å². The molecule has 0 bridgehead atoms. The van der Waals surface area contributed by atoms with Crippen molar-refractivity contribution in [2.75, 3.05) is 25.5 Å². The number of nitrogens with one attached hydrogen (secondary N) is 4. The number of rotatable bonds is 12. The fraction of sp³-hybridized carbons (Fsp3) is 0.405. The first-order valence-corrected chi connectivity index (χ1v) is 19.4. The predicted molar refractivity (Wildman–Crippen MR) is 213 cm³/mol. The van der Waals surface area contributed by atoms with Crippen LogP contribution >= 0.6 is 0 Å². The highest BCUT2D eigenvalue weighted by atomic mass is 16.5. The number of H-pyrrole nitrogens is 2. The lowest BCUT2D eigenvalue weighted by atomic mass is 10.0. The summed E-state index contributed by atoms with van der Waals surface area (Å²) >= 11 is 0. The summed E-state index contributed by atoms with van der Waals surface area (Å²) in [5.41, 5.74) is 5.91. The number of alkyl carbamates (subject to hydrolysis) is 1. The first-order chi connectivity index (χ1) is 27.1. The molecule has 4 atom stereocenters. The van der Waals surface area contributed by atoms with Gasteiger partial charge in [-0.05, 0) is 65.8 Å². The molecule has 292 valence electrons. The largest absolute Gasteiger partial charge is 0.453 e. The Bertz CT molecular complexity index is 2110. The highest BCUT2D eigenvalue weighted by Gasteiger charge is 2.38. The lowest BCUT2D eigenvalue weighted by Crippen LogP contribution is -2.51. The molecule has 0 spiro atoms. The molecule has 2 fully saturated rings. The Hall–Kier alpha value is -6.05. The Kier molecular flexibility index (Phi) is 11.4. The number of carbonyl (C=O) groups excluding carboxylic acids is 3. The number of aromatic nitrogens is 6. The molecule has 2 aliphatic heterocycles. The van der Waals surface area contributed by atoms with Crippen molar-refractivity contribution in [1.29, 1.82) is 0 Å². The molecule has 0 unspecified atom stereocenters. The number of hydrogen-bond donors (Lipinski definition) is 4. The molecule has 14 nitrogen and oxygen atoms in total. The van der Waals surface area contributed by atoms with Gasteiger partial charge in [-0.15, -0.1) is 0 Å². The van der Waals surface area contributed by atoms with E-state index in [-0.39, 0.29) is 35.7 Å². The van der Waals surface area contributed by atoms with Gasteiger partial charge in [0.05, 0.1) is 43.0 Å². The summed E-state index contributed by atoms with van der Waals surface area (Å²) in [6.07, 6.45) is 9.75. The van der Waals surface area contributed by atoms with Gasteiger partial charge in [0.15, 0.2) is 0 Å². The molecule has 56 heavy (non-hydrogen) atoms. The minimum absolute atomic E-state index is 0.0230. The maximum Gasteiger partial charge on any atom is 0.407 e. The van der Waals surface area contributed by atoms with Crippen LogP contribution in [0.25, 0.3) is 33.6 Å². The summed E-state index contributed by atoms with van der Waals surface area (Å²) in [6.45, 7) is 9.13. The first kappa shape index (κ1) is 38.2. The van der Waals surface area contributed by atoms with E-state index in [0.717, 1.165) is 71.0 Å². The van der Waals surface area contributed by atoms with E-state index in [1.54, 1.807) is 18.5 Å². The zero-order valence-electron chi connectivity index (χ0n) is 32.5. The molecule has 7 rings (SSSR count). The highest BCUT2D eigenvalue weighted by molar-refractivity contribution is 5.87. The Morgan fingerprint density at radius 3 is 1.57 bits per heavy atom. The van der Waals surface area contributed by atoms with E-state index in [1.165, 1.54) is 7.11 Å². The minimum Gasteiger partial charge on any atom is -0.453 e. The van der Waals surface area contributed by atoms with Crippen LogP contribution in [0, 0.1) is 11.8 Å². The maximum absolute atomic E-state index is 13.8. The molecule has 5 aromatic rings. The number of aromatic amines is 2. The number of ether oxygens (including phenoxy) is 1. The van der Waals surface area contributed by atoms with Crippen molar-refractivity contribution in [3.05, 3.63) is 91.0 Å². The van der Waals surface area contributed by atoms with Crippen molar-refractivity contribution in [1.82, 2.24) is 45.0 Å². The van der Waals surface area contributed by atoms with Gasteiger partial charge in [0.2, 0.25) is 17.8 Å². The average Bonchev–Trinajstić information content (AvgIpc) is 4.06. The predicted octanol–water partition coefficient (Wildman–Crippen LogP) is 6.77. The van der Waals surface area contributed by atoms with Gasteiger partial charge in [-0.3, -0.25) is 9.59 Å². The monoisotopic (exact) mass is 758 g/mol. The molecule has 0 radical (unpaired) electrons. The van der Waals surface area contributed by atoms with Gasteiger partial charge < -0.3 is 35.1 Å². The van der Waals surface area contributed by atoms with Crippen LogP contribution in [0.2, 0.25) is 0 Å². The molecule has 2 aromatic carbocycles. The number of carbonyl (C=O) groups is 3. The normalized spacial score (nSPS) is 18.0. The highest BCUT2D eigenvalue weighted by Crippen LogP contribution is 2.35. The van der Waals surface area contributed by atoms with Crippen molar-refractivity contribution in [2.45, 2.75) is 77.5 Å². The van der Waals surface area contributed by atoms with E-state index in [0.29, 0.717) is 19.0 Å². The first-order valence-electron chi connectivity index (χ1n) is 19.4. The third kappa shape index (κ3) is 8.14. The van der Waals surface area contributed by atoms with Gasteiger partial charge in [-0.2, -0.15) is 0 Å². The van der Waals surface area contributed by atoms with Crippen molar-refractivity contribution in [2.24, 2.45) is 11.8 Å². The second-order valence-corrected chi connectivity index (χ2v) is 15.2. The minimum atomic E-state index is -0.682.